The first-order valence-electron chi connectivity index (χ1n) is 5.88. The smallest absolute Gasteiger partial charge is 0.309 e. The lowest BCUT2D eigenvalue weighted by Crippen LogP contribution is -2.43. The Labute approximate surface area is 99.5 Å². The summed E-state index contributed by atoms with van der Waals surface area (Å²) in [7, 11) is 5.57. The van der Waals surface area contributed by atoms with Crippen LogP contribution >= 0.6 is 0 Å². The molecule has 0 aliphatic heterocycles. The average molecular weight is 230 g/mol. The van der Waals surface area contributed by atoms with Crippen LogP contribution in [0.15, 0.2) is 0 Å². The number of hydrogen-bond acceptors (Lipinski definition) is 4. The Hall–Kier alpha value is -0.610. The molecule has 0 fully saturated rings. The fourth-order valence-corrected chi connectivity index (χ4v) is 1.89. The van der Waals surface area contributed by atoms with Gasteiger partial charge in [0.1, 0.15) is 0 Å². The Bertz CT molecular complexity index is 207. The molecule has 0 aromatic carbocycles. The Morgan fingerprint density at radius 2 is 1.81 bits per heavy atom. The van der Waals surface area contributed by atoms with E-state index in [1.54, 1.807) is 0 Å². The highest BCUT2D eigenvalue weighted by atomic mass is 16.5. The first-order chi connectivity index (χ1) is 7.42. The van der Waals surface area contributed by atoms with Crippen LogP contribution in [0, 0.1) is 5.92 Å². The molecule has 0 aliphatic rings. The van der Waals surface area contributed by atoms with Gasteiger partial charge in [-0.15, -0.1) is 0 Å². The highest BCUT2D eigenvalue weighted by Crippen LogP contribution is 2.07. The number of ether oxygens (including phenoxy) is 1. The van der Waals surface area contributed by atoms with E-state index < -0.39 is 0 Å². The third-order valence-electron chi connectivity index (χ3n) is 2.77. The van der Waals surface area contributed by atoms with Gasteiger partial charge in [-0.2, -0.15) is 0 Å². The largest absolute Gasteiger partial charge is 0.469 e. The van der Waals surface area contributed by atoms with Gasteiger partial charge in [0, 0.05) is 19.1 Å². The number of rotatable bonds is 7. The van der Waals surface area contributed by atoms with Gasteiger partial charge in [-0.3, -0.25) is 9.69 Å². The molecule has 0 heterocycles. The van der Waals surface area contributed by atoms with Crippen LogP contribution in [0.2, 0.25) is 0 Å². The molecule has 0 bridgehead atoms. The molecule has 0 aromatic heterocycles. The Morgan fingerprint density at radius 1 is 1.25 bits per heavy atom. The van der Waals surface area contributed by atoms with Gasteiger partial charge < -0.3 is 9.64 Å². The van der Waals surface area contributed by atoms with Gasteiger partial charge >= 0.3 is 5.97 Å². The van der Waals surface area contributed by atoms with Gasteiger partial charge in [-0.25, -0.2) is 0 Å². The van der Waals surface area contributed by atoms with Crippen LogP contribution in [0.5, 0.6) is 0 Å². The molecule has 0 saturated heterocycles. The van der Waals surface area contributed by atoms with E-state index in [-0.39, 0.29) is 11.9 Å². The minimum absolute atomic E-state index is 0.0606. The van der Waals surface area contributed by atoms with Crippen molar-refractivity contribution in [3.05, 3.63) is 0 Å². The summed E-state index contributed by atoms with van der Waals surface area (Å²) in [6, 6.07) is 0.451. The predicted molar refractivity (Wildman–Crippen MR) is 66.4 cm³/mol. The van der Waals surface area contributed by atoms with Gasteiger partial charge in [0.2, 0.25) is 0 Å². The van der Waals surface area contributed by atoms with E-state index in [1.165, 1.54) is 7.11 Å². The summed E-state index contributed by atoms with van der Waals surface area (Å²) in [4.78, 5) is 15.8. The van der Waals surface area contributed by atoms with Crippen molar-refractivity contribution in [2.24, 2.45) is 5.92 Å². The van der Waals surface area contributed by atoms with Crippen LogP contribution in [-0.4, -0.2) is 62.7 Å². The maximum absolute atomic E-state index is 11.3. The second-order valence-electron chi connectivity index (χ2n) is 4.62. The van der Waals surface area contributed by atoms with Crippen molar-refractivity contribution in [1.29, 1.82) is 0 Å². The van der Waals surface area contributed by atoms with Gasteiger partial charge in [0.05, 0.1) is 13.0 Å². The molecule has 0 radical (unpaired) electrons. The van der Waals surface area contributed by atoms with Crippen LogP contribution < -0.4 is 0 Å². The molecule has 2 unspecified atom stereocenters. The summed E-state index contributed by atoms with van der Waals surface area (Å²) >= 11 is 0. The van der Waals surface area contributed by atoms with Crippen molar-refractivity contribution in [2.75, 3.05) is 40.8 Å². The topological polar surface area (TPSA) is 32.8 Å². The molecule has 0 rings (SSSR count). The number of esters is 1. The van der Waals surface area contributed by atoms with Crippen molar-refractivity contribution in [3.63, 3.8) is 0 Å². The van der Waals surface area contributed by atoms with Crippen LogP contribution in [0.4, 0.5) is 0 Å². The molecular formula is C12H26N2O2. The minimum Gasteiger partial charge on any atom is -0.469 e. The lowest BCUT2D eigenvalue weighted by Gasteiger charge is -2.31. The number of carbonyl (C=O) groups excluding carboxylic acids is 1. The summed E-state index contributed by atoms with van der Waals surface area (Å²) < 4.78 is 4.74. The van der Waals surface area contributed by atoms with Crippen LogP contribution in [0.25, 0.3) is 0 Å². The molecule has 16 heavy (non-hydrogen) atoms. The molecule has 4 nitrogen and oxygen atoms in total. The second-order valence-corrected chi connectivity index (χ2v) is 4.62. The second kappa shape index (κ2) is 7.63. The van der Waals surface area contributed by atoms with E-state index in [2.05, 4.69) is 37.7 Å². The number of methoxy groups -OCH3 is 1. The zero-order valence-electron chi connectivity index (χ0n) is 11.5. The molecule has 0 aromatic rings. The third kappa shape index (κ3) is 5.47. The molecule has 96 valence electrons. The van der Waals surface area contributed by atoms with Crippen LogP contribution in [0.1, 0.15) is 20.8 Å². The van der Waals surface area contributed by atoms with Crippen molar-refractivity contribution in [2.45, 2.75) is 26.8 Å². The maximum Gasteiger partial charge on any atom is 0.309 e. The number of likely N-dealkylation sites (N-methyl/N-ethyl adjacent to an activating group) is 2. The molecule has 0 aliphatic carbocycles. The summed E-state index contributed by atoms with van der Waals surface area (Å²) in [6.45, 7) is 8.94. The Balaban J connectivity index is 4.23. The lowest BCUT2D eigenvalue weighted by atomic mass is 10.1. The van der Waals surface area contributed by atoms with Crippen molar-refractivity contribution >= 4 is 5.97 Å². The predicted octanol–water partition coefficient (Wildman–Crippen LogP) is 1.07. The fourth-order valence-electron chi connectivity index (χ4n) is 1.89. The molecule has 0 saturated carbocycles. The Kier molecular flexibility index (Phi) is 7.34. The van der Waals surface area contributed by atoms with E-state index in [4.69, 9.17) is 4.74 Å². The zero-order valence-corrected chi connectivity index (χ0v) is 11.5. The summed E-state index contributed by atoms with van der Waals surface area (Å²) in [5.41, 5.74) is 0. The normalized spacial score (nSPS) is 15.2. The number of carbonyl (C=O) groups is 1. The van der Waals surface area contributed by atoms with E-state index in [1.807, 2.05) is 6.92 Å². The first kappa shape index (κ1) is 15.4. The minimum atomic E-state index is -0.129. The van der Waals surface area contributed by atoms with Gasteiger partial charge in [-0.1, -0.05) is 13.8 Å². The SMILES string of the molecule is CCN(CC(C)C(=O)OC)C(C)CN(C)C. The zero-order chi connectivity index (χ0) is 12.7. The van der Waals surface area contributed by atoms with E-state index in [9.17, 15) is 4.79 Å². The van der Waals surface area contributed by atoms with Crippen molar-refractivity contribution in [3.8, 4) is 0 Å². The van der Waals surface area contributed by atoms with Crippen LogP contribution in [0.3, 0.4) is 0 Å². The maximum atomic E-state index is 11.3. The third-order valence-corrected chi connectivity index (χ3v) is 2.77. The molecule has 0 spiro atoms. The highest BCUT2D eigenvalue weighted by molar-refractivity contribution is 5.72. The van der Waals surface area contributed by atoms with E-state index in [0.29, 0.717) is 6.04 Å². The van der Waals surface area contributed by atoms with E-state index >= 15 is 0 Å². The van der Waals surface area contributed by atoms with Gasteiger partial charge in [-0.05, 0) is 27.6 Å². The van der Waals surface area contributed by atoms with Crippen LogP contribution in [-0.2, 0) is 9.53 Å². The highest BCUT2D eigenvalue weighted by Gasteiger charge is 2.20. The molecule has 4 heteroatoms. The monoisotopic (exact) mass is 230 g/mol. The average Bonchev–Trinajstić information content (AvgIpc) is 2.23. The molecule has 0 N–H and O–H groups in total. The molecule has 2 atom stereocenters. The van der Waals surface area contributed by atoms with E-state index in [0.717, 1.165) is 19.6 Å². The fraction of sp³-hybridized carbons (Fsp3) is 0.917. The molecule has 0 amide bonds. The Morgan fingerprint density at radius 3 is 2.19 bits per heavy atom. The lowest BCUT2D eigenvalue weighted by molar-refractivity contribution is -0.145. The summed E-state index contributed by atoms with van der Waals surface area (Å²) in [6.07, 6.45) is 0. The summed E-state index contributed by atoms with van der Waals surface area (Å²) in [5, 5.41) is 0. The quantitative estimate of drug-likeness (QED) is 0.612. The standard InChI is InChI=1S/C12H26N2O2/c1-7-14(11(3)9-13(4)5)8-10(2)12(15)16-6/h10-11H,7-9H2,1-6H3. The van der Waals surface area contributed by atoms with Crippen molar-refractivity contribution < 1.29 is 9.53 Å². The summed E-state index contributed by atoms with van der Waals surface area (Å²) in [5.74, 6) is -0.190. The first-order valence-corrected chi connectivity index (χ1v) is 5.88. The van der Waals surface area contributed by atoms with Crippen molar-refractivity contribution in [1.82, 2.24) is 9.80 Å². The number of hydrogen-bond donors (Lipinski definition) is 0. The van der Waals surface area contributed by atoms with Gasteiger partial charge in [0.25, 0.3) is 0 Å². The van der Waals surface area contributed by atoms with Gasteiger partial charge in [0.15, 0.2) is 0 Å². The number of nitrogens with zero attached hydrogens (tertiary/aromatic N) is 2. The molecular weight excluding hydrogens is 204 g/mol.